The first kappa shape index (κ1) is 20.1. The zero-order valence-corrected chi connectivity index (χ0v) is 15.9. The summed E-state index contributed by atoms with van der Waals surface area (Å²) in [5.74, 6) is -1.52. The summed E-state index contributed by atoms with van der Waals surface area (Å²) in [5, 5.41) is 3.73. The van der Waals surface area contributed by atoms with Crippen LogP contribution in [0, 0.1) is 5.92 Å². The number of nitrogens with zero attached hydrogens (tertiary/aromatic N) is 2. The van der Waals surface area contributed by atoms with Crippen molar-refractivity contribution in [2.75, 3.05) is 6.54 Å². The summed E-state index contributed by atoms with van der Waals surface area (Å²) in [5.41, 5.74) is 1.92. The Labute approximate surface area is 171 Å². The van der Waals surface area contributed by atoms with Gasteiger partial charge in [0.15, 0.2) is 5.78 Å². The van der Waals surface area contributed by atoms with Crippen LogP contribution < -0.4 is 0 Å². The molecule has 2 aliphatic heterocycles. The van der Waals surface area contributed by atoms with Gasteiger partial charge >= 0.3 is 6.18 Å². The summed E-state index contributed by atoms with van der Waals surface area (Å²) in [6, 6.07) is 12.1. The molecule has 0 radical (unpaired) electrons. The molecule has 0 saturated carbocycles. The lowest BCUT2D eigenvalue weighted by Crippen LogP contribution is -2.51. The summed E-state index contributed by atoms with van der Waals surface area (Å²) in [6.07, 6.45) is -2.25. The molecular formula is C22H19F3N2O3. The number of fused-ring (bicyclic) bond motifs is 3. The molecule has 1 amide bonds. The van der Waals surface area contributed by atoms with E-state index in [9.17, 15) is 22.8 Å². The van der Waals surface area contributed by atoms with Crippen LogP contribution in [0.2, 0.25) is 0 Å². The number of alkyl halides is 3. The summed E-state index contributed by atoms with van der Waals surface area (Å²) >= 11 is 0. The maximum atomic E-state index is 12.8. The minimum atomic E-state index is -4.40. The van der Waals surface area contributed by atoms with Crippen LogP contribution in [0.5, 0.6) is 0 Å². The van der Waals surface area contributed by atoms with Gasteiger partial charge in [-0.3, -0.25) is 9.59 Å². The molecule has 0 spiro atoms. The number of halogens is 3. The van der Waals surface area contributed by atoms with Gasteiger partial charge in [0.1, 0.15) is 12.5 Å². The van der Waals surface area contributed by atoms with Crippen molar-refractivity contribution in [1.82, 2.24) is 4.90 Å². The molecule has 4 rings (SSSR count). The van der Waals surface area contributed by atoms with E-state index in [1.165, 1.54) is 18.3 Å². The first-order valence-corrected chi connectivity index (χ1v) is 9.57. The molecule has 8 heteroatoms. The van der Waals surface area contributed by atoms with Gasteiger partial charge in [-0.05, 0) is 35.2 Å². The number of carbonyl (C=O) groups is 2. The van der Waals surface area contributed by atoms with E-state index in [-0.39, 0.29) is 30.8 Å². The summed E-state index contributed by atoms with van der Waals surface area (Å²) in [4.78, 5) is 32.2. The molecule has 2 aromatic rings. The van der Waals surface area contributed by atoms with Crippen LogP contribution in [-0.2, 0) is 33.6 Å². The lowest BCUT2D eigenvalue weighted by atomic mass is 9.82. The van der Waals surface area contributed by atoms with E-state index < -0.39 is 17.7 Å². The fraction of sp³-hybridized carbons (Fsp3) is 0.318. The number of oxime groups is 1. The van der Waals surface area contributed by atoms with Crippen LogP contribution in [-0.4, -0.2) is 29.3 Å². The SMILES string of the molecule is O=C1C[C@H]2c3ccccc3CCN2C(=O)[C@@H]1/C=N\OCc1ccc(C(F)(F)F)cc1. The van der Waals surface area contributed by atoms with Crippen molar-refractivity contribution in [3.05, 3.63) is 70.8 Å². The Kier molecular flexibility index (Phi) is 5.32. The van der Waals surface area contributed by atoms with Crippen LogP contribution in [0.25, 0.3) is 0 Å². The molecule has 2 atom stereocenters. The molecule has 0 N–H and O–H groups in total. The average molecular weight is 416 g/mol. The number of piperidine rings is 1. The van der Waals surface area contributed by atoms with Gasteiger partial charge in [-0.2, -0.15) is 13.2 Å². The topological polar surface area (TPSA) is 59.0 Å². The van der Waals surface area contributed by atoms with Gasteiger partial charge in [0, 0.05) is 13.0 Å². The van der Waals surface area contributed by atoms with Gasteiger partial charge in [-0.15, -0.1) is 0 Å². The summed E-state index contributed by atoms with van der Waals surface area (Å²) in [7, 11) is 0. The largest absolute Gasteiger partial charge is 0.416 e. The lowest BCUT2D eigenvalue weighted by Gasteiger charge is -2.41. The van der Waals surface area contributed by atoms with Crippen molar-refractivity contribution in [3.63, 3.8) is 0 Å². The Hall–Kier alpha value is -3.16. The first-order chi connectivity index (χ1) is 14.3. The molecular weight excluding hydrogens is 397 g/mol. The number of Topliss-reactive ketones (excluding diaryl/α,β-unsaturated/α-hetero) is 1. The Bertz CT molecular complexity index is 986. The van der Waals surface area contributed by atoms with Crippen molar-refractivity contribution >= 4 is 17.9 Å². The van der Waals surface area contributed by atoms with Crippen molar-refractivity contribution < 1.29 is 27.6 Å². The molecule has 0 aliphatic carbocycles. The van der Waals surface area contributed by atoms with E-state index in [1.54, 1.807) is 4.90 Å². The second kappa shape index (κ2) is 7.93. The monoisotopic (exact) mass is 416 g/mol. The minimum absolute atomic E-state index is 0.0660. The standard InChI is InChI=1S/C22H19F3N2O3/c23-22(24,25)16-7-5-14(6-8-16)13-30-26-12-18-20(28)11-19-17-4-2-1-3-15(17)9-10-27(19)21(18)29/h1-8,12,18-19H,9-11,13H2/b26-12-/t18-,19+/m1/s1. The van der Waals surface area contributed by atoms with Crippen LogP contribution in [0.3, 0.4) is 0 Å². The van der Waals surface area contributed by atoms with E-state index in [4.69, 9.17) is 4.84 Å². The van der Waals surface area contributed by atoms with E-state index in [0.717, 1.165) is 29.7 Å². The van der Waals surface area contributed by atoms with Crippen molar-refractivity contribution in [2.45, 2.75) is 31.7 Å². The van der Waals surface area contributed by atoms with Gasteiger partial charge in [-0.1, -0.05) is 41.6 Å². The second-order valence-electron chi connectivity index (χ2n) is 7.37. The normalized spacial score (nSPS) is 21.5. The van der Waals surface area contributed by atoms with Gasteiger partial charge in [0.2, 0.25) is 5.91 Å². The molecule has 0 aromatic heterocycles. The van der Waals surface area contributed by atoms with Crippen LogP contribution in [0.4, 0.5) is 13.2 Å². The van der Waals surface area contributed by atoms with Crippen LogP contribution >= 0.6 is 0 Å². The second-order valence-corrected chi connectivity index (χ2v) is 7.37. The van der Waals surface area contributed by atoms with Crippen LogP contribution in [0.15, 0.2) is 53.7 Å². The molecule has 30 heavy (non-hydrogen) atoms. The number of amides is 1. The smallest absolute Gasteiger partial charge is 0.391 e. The maximum Gasteiger partial charge on any atom is 0.416 e. The predicted octanol–water partition coefficient (Wildman–Crippen LogP) is 3.92. The van der Waals surface area contributed by atoms with Gasteiger partial charge in [-0.25, -0.2) is 0 Å². The molecule has 5 nitrogen and oxygen atoms in total. The van der Waals surface area contributed by atoms with Crippen molar-refractivity contribution in [3.8, 4) is 0 Å². The Morgan fingerprint density at radius 2 is 1.83 bits per heavy atom. The molecule has 2 aliphatic rings. The Balaban J connectivity index is 1.38. The number of hydrogen-bond donors (Lipinski definition) is 0. The number of hydrogen-bond acceptors (Lipinski definition) is 4. The summed E-state index contributed by atoms with van der Waals surface area (Å²) in [6.45, 7) is 0.480. The molecule has 0 bridgehead atoms. The fourth-order valence-electron chi connectivity index (χ4n) is 3.92. The Morgan fingerprint density at radius 1 is 1.10 bits per heavy atom. The first-order valence-electron chi connectivity index (χ1n) is 9.57. The summed E-state index contributed by atoms with van der Waals surface area (Å²) < 4.78 is 37.7. The van der Waals surface area contributed by atoms with Gasteiger partial charge < -0.3 is 9.74 Å². The van der Waals surface area contributed by atoms with E-state index in [2.05, 4.69) is 5.16 Å². The maximum absolute atomic E-state index is 12.8. The predicted molar refractivity (Wildman–Crippen MR) is 102 cm³/mol. The van der Waals surface area contributed by atoms with Gasteiger partial charge in [0.25, 0.3) is 0 Å². The quantitative estimate of drug-likeness (QED) is 0.431. The van der Waals surface area contributed by atoms with E-state index in [1.807, 2.05) is 24.3 Å². The highest BCUT2D eigenvalue weighted by Gasteiger charge is 2.43. The zero-order valence-electron chi connectivity index (χ0n) is 15.9. The van der Waals surface area contributed by atoms with Crippen molar-refractivity contribution in [2.24, 2.45) is 11.1 Å². The minimum Gasteiger partial charge on any atom is -0.391 e. The number of carbonyl (C=O) groups excluding carboxylic acids is 2. The molecule has 2 aromatic carbocycles. The third-order valence-electron chi connectivity index (χ3n) is 5.50. The zero-order chi connectivity index (χ0) is 21.3. The van der Waals surface area contributed by atoms with Crippen molar-refractivity contribution in [1.29, 1.82) is 0 Å². The van der Waals surface area contributed by atoms with E-state index >= 15 is 0 Å². The number of ketones is 1. The van der Waals surface area contributed by atoms with Gasteiger partial charge in [0.05, 0.1) is 17.8 Å². The highest BCUT2D eigenvalue weighted by Crippen LogP contribution is 2.37. The molecule has 2 heterocycles. The fourth-order valence-corrected chi connectivity index (χ4v) is 3.92. The third kappa shape index (κ3) is 3.94. The van der Waals surface area contributed by atoms with E-state index in [0.29, 0.717) is 12.1 Å². The molecule has 1 fully saturated rings. The lowest BCUT2D eigenvalue weighted by molar-refractivity contribution is -0.146. The molecule has 1 saturated heterocycles. The molecule has 156 valence electrons. The Morgan fingerprint density at radius 3 is 2.57 bits per heavy atom. The molecule has 0 unspecified atom stereocenters. The number of benzene rings is 2. The third-order valence-corrected chi connectivity index (χ3v) is 5.50. The average Bonchev–Trinajstić information content (AvgIpc) is 2.72. The van der Waals surface area contributed by atoms with Crippen LogP contribution in [0.1, 0.15) is 34.7 Å². The highest BCUT2D eigenvalue weighted by atomic mass is 19.4. The highest BCUT2D eigenvalue weighted by molar-refractivity contribution is 6.15. The number of rotatable bonds is 4.